The molecule has 1 aromatic rings. The summed E-state index contributed by atoms with van der Waals surface area (Å²) in [7, 11) is 1.27. The van der Waals surface area contributed by atoms with Gasteiger partial charge >= 0.3 is 5.97 Å². The number of β-amino-alcohol motifs (C(OH)–C–C–N with tert-alkyl or cyclic N) is 1. The van der Waals surface area contributed by atoms with Gasteiger partial charge in [-0.05, 0) is 12.1 Å². The number of carbonyl (C=O) groups excluding carboxylic acids is 2. The molecule has 8 heteroatoms. The van der Waals surface area contributed by atoms with Crippen LogP contribution < -0.4 is 5.32 Å². The Balaban J connectivity index is 1.94. The molecule has 2 aliphatic rings. The number of aliphatic hydroxyl groups is 1. The quantitative estimate of drug-likeness (QED) is 0.711. The van der Waals surface area contributed by atoms with Crippen molar-refractivity contribution in [3.8, 4) is 0 Å². The van der Waals surface area contributed by atoms with Crippen molar-refractivity contribution in [3.05, 3.63) is 41.1 Å². The Morgan fingerprint density at radius 2 is 2.24 bits per heavy atom. The lowest BCUT2D eigenvalue weighted by atomic mass is 10.1. The third-order valence-electron chi connectivity index (χ3n) is 3.96. The second-order valence-corrected chi connectivity index (χ2v) is 5.50. The van der Waals surface area contributed by atoms with Crippen LogP contribution in [0.25, 0.3) is 0 Å². The maximum atomic E-state index is 12.6. The van der Waals surface area contributed by atoms with Gasteiger partial charge in [0.05, 0.1) is 43.6 Å². The molecule has 0 saturated heterocycles. The number of esters is 1. The summed E-state index contributed by atoms with van der Waals surface area (Å²) >= 11 is 0. The van der Waals surface area contributed by atoms with Crippen LogP contribution >= 0.6 is 0 Å². The molecule has 3 rings (SSSR count). The number of methoxy groups -OCH3 is 1. The molecule has 132 valence electrons. The average molecular weight is 345 g/mol. The van der Waals surface area contributed by atoms with E-state index in [1.54, 1.807) is 6.07 Å². The number of amides is 1. The van der Waals surface area contributed by atoms with Gasteiger partial charge in [-0.3, -0.25) is 4.79 Å². The van der Waals surface area contributed by atoms with Crippen molar-refractivity contribution in [1.82, 2.24) is 4.90 Å². The first-order chi connectivity index (χ1) is 12.2. The van der Waals surface area contributed by atoms with Crippen LogP contribution in [-0.4, -0.2) is 67.7 Å². The Bertz CT molecular complexity index is 756. The van der Waals surface area contributed by atoms with Gasteiger partial charge in [0.1, 0.15) is 12.3 Å². The molecule has 8 nitrogen and oxygen atoms in total. The lowest BCUT2D eigenvalue weighted by molar-refractivity contribution is -0.136. The summed E-state index contributed by atoms with van der Waals surface area (Å²) in [6.45, 7) is 1.15. The molecule has 0 aliphatic carbocycles. The second-order valence-electron chi connectivity index (χ2n) is 5.50. The van der Waals surface area contributed by atoms with Crippen LogP contribution in [0.5, 0.6) is 0 Å². The predicted molar refractivity (Wildman–Crippen MR) is 90.1 cm³/mol. The van der Waals surface area contributed by atoms with Gasteiger partial charge in [-0.25, -0.2) is 9.79 Å². The smallest absolute Gasteiger partial charge is 0.337 e. The molecule has 0 bridgehead atoms. The third-order valence-corrected chi connectivity index (χ3v) is 3.96. The second kappa shape index (κ2) is 7.35. The number of aliphatic imine (C=N–C) groups is 1. The van der Waals surface area contributed by atoms with Crippen LogP contribution in [-0.2, 0) is 19.1 Å². The van der Waals surface area contributed by atoms with Gasteiger partial charge < -0.3 is 24.8 Å². The van der Waals surface area contributed by atoms with E-state index in [2.05, 4.69) is 10.3 Å². The summed E-state index contributed by atoms with van der Waals surface area (Å²) < 4.78 is 10.3. The monoisotopic (exact) mass is 345 g/mol. The van der Waals surface area contributed by atoms with Crippen molar-refractivity contribution in [1.29, 1.82) is 0 Å². The van der Waals surface area contributed by atoms with E-state index >= 15 is 0 Å². The summed E-state index contributed by atoms with van der Waals surface area (Å²) in [5, 5.41) is 12.1. The van der Waals surface area contributed by atoms with Crippen LogP contribution in [0.15, 0.2) is 40.5 Å². The highest BCUT2D eigenvalue weighted by Gasteiger charge is 2.35. The van der Waals surface area contributed by atoms with Crippen molar-refractivity contribution in [2.24, 2.45) is 4.99 Å². The minimum absolute atomic E-state index is 0.0913. The van der Waals surface area contributed by atoms with E-state index in [1.165, 1.54) is 12.0 Å². The Morgan fingerprint density at radius 3 is 2.92 bits per heavy atom. The van der Waals surface area contributed by atoms with Gasteiger partial charge in [0.25, 0.3) is 5.91 Å². The minimum atomic E-state index is -0.580. The highest BCUT2D eigenvalue weighted by molar-refractivity contribution is 6.10. The van der Waals surface area contributed by atoms with Crippen LogP contribution in [0.1, 0.15) is 5.56 Å². The van der Waals surface area contributed by atoms with E-state index < -0.39 is 5.97 Å². The Labute approximate surface area is 144 Å². The molecule has 25 heavy (non-hydrogen) atoms. The van der Waals surface area contributed by atoms with E-state index in [-0.39, 0.29) is 36.9 Å². The number of nitrogens with one attached hydrogen (secondary N) is 1. The Kier molecular flexibility index (Phi) is 4.99. The average Bonchev–Trinajstić information content (AvgIpc) is 3.26. The number of para-hydroxylation sites is 1. The maximum absolute atomic E-state index is 12.6. The molecule has 0 spiro atoms. The fourth-order valence-corrected chi connectivity index (χ4v) is 2.76. The number of hydrogen-bond acceptors (Lipinski definition) is 7. The van der Waals surface area contributed by atoms with Crippen LogP contribution in [0, 0.1) is 0 Å². The zero-order chi connectivity index (χ0) is 17.8. The summed E-state index contributed by atoms with van der Waals surface area (Å²) in [6.07, 6.45) is 0. The number of benzene rings is 1. The van der Waals surface area contributed by atoms with Crippen LogP contribution in [0.3, 0.4) is 0 Å². The highest BCUT2D eigenvalue weighted by atomic mass is 16.5. The Hall–Kier alpha value is -2.87. The number of carbonyl (C=O) groups is 2. The number of ether oxygens (including phenoxy) is 2. The van der Waals surface area contributed by atoms with Gasteiger partial charge in [0.2, 0.25) is 5.90 Å². The van der Waals surface area contributed by atoms with Crippen molar-refractivity contribution in [2.75, 3.05) is 45.3 Å². The molecule has 0 radical (unpaired) electrons. The summed E-state index contributed by atoms with van der Waals surface area (Å²) in [5.74, 6) is -0.442. The number of hydrogen-bond donors (Lipinski definition) is 2. The lowest BCUT2D eigenvalue weighted by Crippen LogP contribution is -2.31. The molecule has 2 heterocycles. The third kappa shape index (κ3) is 3.34. The topological polar surface area (TPSA) is 100 Å². The fourth-order valence-electron chi connectivity index (χ4n) is 2.76. The zero-order valence-corrected chi connectivity index (χ0v) is 13.8. The van der Waals surface area contributed by atoms with Gasteiger partial charge in [-0.2, -0.15) is 0 Å². The SMILES string of the molecule is COC(=O)C1=C(Nc2ccccc2C2=NCCO2)C(=O)N(CCO)C1. The lowest BCUT2D eigenvalue weighted by Gasteiger charge is -2.16. The van der Waals surface area contributed by atoms with Gasteiger partial charge in [-0.15, -0.1) is 0 Å². The van der Waals surface area contributed by atoms with Crippen LogP contribution in [0.4, 0.5) is 5.69 Å². The molecule has 2 aliphatic heterocycles. The maximum Gasteiger partial charge on any atom is 0.337 e. The molecule has 0 unspecified atom stereocenters. The first-order valence-electron chi connectivity index (χ1n) is 7.91. The first kappa shape index (κ1) is 17.0. The van der Waals surface area contributed by atoms with Gasteiger partial charge in [0.15, 0.2) is 0 Å². The first-order valence-corrected chi connectivity index (χ1v) is 7.91. The standard InChI is InChI=1S/C17H19N3O5/c1-24-17(23)12-10-20(7-8-21)16(22)14(12)19-13-5-3-2-4-11(13)15-18-6-9-25-15/h2-5,19,21H,6-10H2,1H3. The highest BCUT2D eigenvalue weighted by Crippen LogP contribution is 2.26. The minimum Gasteiger partial charge on any atom is -0.475 e. The molecule has 2 N–H and O–H groups in total. The van der Waals surface area contributed by atoms with Gasteiger partial charge in [-0.1, -0.05) is 12.1 Å². The number of rotatable bonds is 6. The van der Waals surface area contributed by atoms with E-state index in [1.807, 2.05) is 18.2 Å². The summed E-state index contributed by atoms with van der Waals surface area (Å²) in [4.78, 5) is 30.3. The zero-order valence-electron chi connectivity index (χ0n) is 13.8. The van der Waals surface area contributed by atoms with E-state index in [0.29, 0.717) is 30.3 Å². The van der Waals surface area contributed by atoms with Crippen LogP contribution in [0.2, 0.25) is 0 Å². The molecule has 1 amide bonds. The molecule has 1 aromatic carbocycles. The van der Waals surface area contributed by atoms with Crippen molar-refractivity contribution in [3.63, 3.8) is 0 Å². The molecule has 0 fully saturated rings. The molecular formula is C17H19N3O5. The summed E-state index contributed by atoms with van der Waals surface area (Å²) in [6, 6.07) is 7.26. The van der Waals surface area contributed by atoms with E-state index in [0.717, 1.165) is 0 Å². The van der Waals surface area contributed by atoms with E-state index in [9.17, 15) is 9.59 Å². The largest absolute Gasteiger partial charge is 0.475 e. The van der Waals surface area contributed by atoms with Gasteiger partial charge in [0, 0.05) is 6.54 Å². The van der Waals surface area contributed by atoms with Crippen molar-refractivity contribution >= 4 is 23.5 Å². The fraction of sp³-hybridized carbons (Fsp3) is 0.353. The molecule has 0 saturated carbocycles. The van der Waals surface area contributed by atoms with E-state index in [4.69, 9.17) is 14.6 Å². The predicted octanol–water partition coefficient (Wildman–Crippen LogP) is 0.137. The number of anilines is 1. The molecule has 0 aromatic heterocycles. The number of aliphatic hydroxyl groups excluding tert-OH is 1. The summed E-state index contributed by atoms with van der Waals surface area (Å²) in [5.41, 5.74) is 1.69. The molecular weight excluding hydrogens is 326 g/mol. The Morgan fingerprint density at radius 1 is 1.44 bits per heavy atom. The normalized spacial score (nSPS) is 16.8. The van der Waals surface area contributed by atoms with Crippen molar-refractivity contribution < 1.29 is 24.2 Å². The van der Waals surface area contributed by atoms with Crippen molar-refractivity contribution in [2.45, 2.75) is 0 Å². The molecule has 0 atom stereocenters. The number of nitrogens with zero attached hydrogens (tertiary/aromatic N) is 2.